The number of pyridine rings is 1. The fraction of sp³-hybridized carbons (Fsp3) is 0.556. The molecule has 7 nitrogen and oxygen atoms in total. The normalized spacial score (nSPS) is 21.5. The van der Waals surface area contributed by atoms with Crippen LogP contribution in [0, 0.1) is 11.3 Å². The SMILES string of the molecule is COC(=O)C1CC12CCN(C(=O)CCc1nc3ncccc3[nH]1)CC2. The van der Waals surface area contributed by atoms with Gasteiger partial charge in [0.15, 0.2) is 5.65 Å². The monoisotopic (exact) mass is 342 g/mol. The smallest absolute Gasteiger partial charge is 0.309 e. The Morgan fingerprint density at radius 1 is 1.40 bits per heavy atom. The van der Waals surface area contributed by atoms with Crippen LogP contribution in [0.25, 0.3) is 11.2 Å². The third-order valence-electron chi connectivity index (χ3n) is 5.67. The van der Waals surface area contributed by atoms with E-state index < -0.39 is 0 Å². The van der Waals surface area contributed by atoms with Crippen molar-refractivity contribution in [3.05, 3.63) is 24.2 Å². The lowest BCUT2D eigenvalue weighted by Gasteiger charge is -2.32. The maximum absolute atomic E-state index is 12.5. The van der Waals surface area contributed by atoms with E-state index in [9.17, 15) is 9.59 Å². The number of likely N-dealkylation sites (tertiary alicyclic amines) is 1. The number of rotatable bonds is 4. The number of imidazole rings is 1. The van der Waals surface area contributed by atoms with Crippen LogP contribution in [-0.4, -0.2) is 51.9 Å². The molecule has 1 N–H and O–H groups in total. The minimum Gasteiger partial charge on any atom is -0.469 e. The summed E-state index contributed by atoms with van der Waals surface area (Å²) in [6.45, 7) is 1.46. The predicted octanol–water partition coefficient (Wildman–Crippen LogP) is 1.69. The maximum atomic E-state index is 12.5. The zero-order valence-corrected chi connectivity index (χ0v) is 14.3. The third-order valence-corrected chi connectivity index (χ3v) is 5.67. The Morgan fingerprint density at radius 3 is 2.92 bits per heavy atom. The van der Waals surface area contributed by atoms with Crippen molar-refractivity contribution < 1.29 is 14.3 Å². The lowest BCUT2D eigenvalue weighted by molar-refractivity contribution is -0.143. The number of nitrogens with one attached hydrogen (secondary N) is 1. The number of fused-ring (bicyclic) bond motifs is 1. The quantitative estimate of drug-likeness (QED) is 0.854. The van der Waals surface area contributed by atoms with Gasteiger partial charge in [-0.2, -0.15) is 0 Å². The Hall–Kier alpha value is -2.44. The number of hydrogen-bond acceptors (Lipinski definition) is 5. The Kier molecular flexibility index (Phi) is 3.94. The van der Waals surface area contributed by atoms with Crippen molar-refractivity contribution >= 4 is 23.0 Å². The molecule has 2 aromatic heterocycles. The highest BCUT2D eigenvalue weighted by molar-refractivity contribution is 5.78. The molecule has 0 radical (unpaired) electrons. The van der Waals surface area contributed by atoms with Gasteiger partial charge in [-0.15, -0.1) is 0 Å². The number of H-pyrrole nitrogens is 1. The van der Waals surface area contributed by atoms with E-state index in [2.05, 4.69) is 15.0 Å². The van der Waals surface area contributed by atoms with Gasteiger partial charge in [-0.25, -0.2) is 9.97 Å². The molecular weight excluding hydrogens is 320 g/mol. The fourth-order valence-corrected chi connectivity index (χ4v) is 3.97. The van der Waals surface area contributed by atoms with Crippen molar-refractivity contribution in [2.24, 2.45) is 11.3 Å². The zero-order valence-electron chi connectivity index (χ0n) is 14.3. The molecule has 7 heteroatoms. The van der Waals surface area contributed by atoms with Crippen LogP contribution in [0.3, 0.4) is 0 Å². The van der Waals surface area contributed by atoms with Crippen molar-refractivity contribution in [1.82, 2.24) is 19.9 Å². The van der Waals surface area contributed by atoms with Crippen molar-refractivity contribution in [2.75, 3.05) is 20.2 Å². The number of aromatic amines is 1. The van der Waals surface area contributed by atoms with E-state index in [1.54, 1.807) is 6.20 Å². The predicted molar refractivity (Wildman–Crippen MR) is 90.6 cm³/mol. The molecule has 2 aliphatic rings. The summed E-state index contributed by atoms with van der Waals surface area (Å²) in [5.74, 6) is 0.887. The minimum atomic E-state index is -0.0988. The largest absolute Gasteiger partial charge is 0.469 e. The highest BCUT2D eigenvalue weighted by atomic mass is 16.5. The number of amides is 1. The van der Waals surface area contributed by atoms with Gasteiger partial charge in [0.05, 0.1) is 18.5 Å². The van der Waals surface area contributed by atoms with Gasteiger partial charge in [0.1, 0.15) is 5.82 Å². The van der Waals surface area contributed by atoms with Gasteiger partial charge in [-0.3, -0.25) is 9.59 Å². The van der Waals surface area contributed by atoms with Gasteiger partial charge in [0.25, 0.3) is 0 Å². The summed E-state index contributed by atoms with van der Waals surface area (Å²) < 4.78 is 4.85. The first-order chi connectivity index (χ1) is 12.1. The van der Waals surface area contributed by atoms with E-state index in [1.807, 2.05) is 17.0 Å². The molecule has 2 fully saturated rings. The van der Waals surface area contributed by atoms with Gasteiger partial charge < -0.3 is 14.6 Å². The van der Waals surface area contributed by atoms with E-state index in [4.69, 9.17) is 4.74 Å². The number of ether oxygens (including phenoxy) is 1. The average molecular weight is 342 g/mol. The highest BCUT2D eigenvalue weighted by Crippen LogP contribution is 2.59. The summed E-state index contributed by atoms with van der Waals surface area (Å²) >= 11 is 0. The maximum Gasteiger partial charge on any atom is 0.309 e. The molecule has 1 amide bonds. The van der Waals surface area contributed by atoms with Crippen LogP contribution in [0.2, 0.25) is 0 Å². The number of nitrogens with zero attached hydrogens (tertiary/aromatic N) is 3. The standard InChI is InChI=1S/C18H22N4O3/c1-25-17(24)12-11-18(12)6-9-22(10-7-18)15(23)5-4-14-20-13-3-2-8-19-16(13)21-14/h2-3,8,12H,4-7,9-11H2,1H3,(H,19,20,21). The lowest BCUT2D eigenvalue weighted by Crippen LogP contribution is -2.40. The summed E-state index contributed by atoms with van der Waals surface area (Å²) in [6.07, 6.45) is 5.43. The second-order valence-electron chi connectivity index (χ2n) is 7.08. The number of aryl methyl sites for hydroxylation is 1. The molecule has 0 bridgehead atoms. The second kappa shape index (κ2) is 6.13. The second-order valence-corrected chi connectivity index (χ2v) is 7.08. The van der Waals surface area contributed by atoms with Crippen LogP contribution in [-0.2, 0) is 20.7 Å². The van der Waals surface area contributed by atoms with Crippen LogP contribution in [0.5, 0.6) is 0 Å². The molecule has 2 aromatic rings. The molecular formula is C18H22N4O3. The average Bonchev–Trinajstić information content (AvgIpc) is 3.16. The number of carbonyl (C=O) groups excluding carboxylic acids is 2. The number of hydrogen-bond donors (Lipinski definition) is 1. The van der Waals surface area contributed by atoms with E-state index in [1.165, 1.54) is 7.11 Å². The van der Waals surface area contributed by atoms with Crippen LogP contribution in [0.1, 0.15) is 31.5 Å². The van der Waals surface area contributed by atoms with Crippen LogP contribution < -0.4 is 0 Å². The summed E-state index contributed by atoms with van der Waals surface area (Å²) in [6, 6.07) is 3.79. The van der Waals surface area contributed by atoms with Crippen molar-refractivity contribution in [2.45, 2.75) is 32.1 Å². The molecule has 0 aromatic carbocycles. The van der Waals surface area contributed by atoms with Gasteiger partial charge in [0.2, 0.25) is 5.91 Å². The van der Waals surface area contributed by atoms with E-state index in [0.29, 0.717) is 18.5 Å². The van der Waals surface area contributed by atoms with Crippen molar-refractivity contribution in [3.8, 4) is 0 Å². The Morgan fingerprint density at radius 2 is 2.20 bits per heavy atom. The molecule has 1 unspecified atom stereocenters. The first kappa shape index (κ1) is 16.1. The van der Waals surface area contributed by atoms with Crippen molar-refractivity contribution in [1.29, 1.82) is 0 Å². The number of methoxy groups -OCH3 is 1. The Labute approximate surface area is 145 Å². The van der Waals surface area contributed by atoms with Gasteiger partial charge >= 0.3 is 5.97 Å². The van der Waals surface area contributed by atoms with Crippen LogP contribution in [0.15, 0.2) is 18.3 Å². The molecule has 1 spiro atoms. The molecule has 1 saturated heterocycles. The topological polar surface area (TPSA) is 88.2 Å². The summed E-state index contributed by atoms with van der Waals surface area (Å²) in [7, 11) is 1.45. The summed E-state index contributed by atoms with van der Waals surface area (Å²) in [5.41, 5.74) is 1.67. The number of carbonyl (C=O) groups is 2. The Balaban J connectivity index is 1.29. The highest BCUT2D eigenvalue weighted by Gasteiger charge is 2.59. The van der Waals surface area contributed by atoms with E-state index in [0.717, 1.165) is 43.7 Å². The molecule has 1 atom stereocenters. The van der Waals surface area contributed by atoms with Gasteiger partial charge in [0, 0.05) is 32.1 Å². The molecule has 4 rings (SSSR count). The van der Waals surface area contributed by atoms with Gasteiger partial charge in [-0.05, 0) is 36.8 Å². The first-order valence-electron chi connectivity index (χ1n) is 8.76. The number of aromatic nitrogens is 3. The van der Waals surface area contributed by atoms with E-state index >= 15 is 0 Å². The molecule has 132 valence electrons. The molecule has 1 saturated carbocycles. The molecule has 1 aliphatic carbocycles. The summed E-state index contributed by atoms with van der Waals surface area (Å²) in [4.78, 5) is 37.9. The van der Waals surface area contributed by atoms with E-state index in [-0.39, 0.29) is 23.2 Å². The fourth-order valence-electron chi connectivity index (χ4n) is 3.97. The van der Waals surface area contributed by atoms with Gasteiger partial charge in [-0.1, -0.05) is 0 Å². The van der Waals surface area contributed by atoms with Crippen LogP contribution in [0.4, 0.5) is 0 Å². The number of piperidine rings is 1. The minimum absolute atomic E-state index is 0.0396. The molecule has 1 aliphatic heterocycles. The zero-order chi connectivity index (χ0) is 17.4. The molecule has 3 heterocycles. The Bertz CT molecular complexity index is 775. The third kappa shape index (κ3) is 2.99. The van der Waals surface area contributed by atoms with Crippen LogP contribution >= 0.6 is 0 Å². The summed E-state index contributed by atoms with van der Waals surface area (Å²) in [5, 5.41) is 0. The lowest BCUT2D eigenvalue weighted by atomic mass is 9.90. The number of esters is 1. The first-order valence-corrected chi connectivity index (χ1v) is 8.76. The van der Waals surface area contributed by atoms with Crippen molar-refractivity contribution in [3.63, 3.8) is 0 Å². The molecule has 25 heavy (non-hydrogen) atoms.